The number of hydrogen-bond donors (Lipinski definition) is 1. The molecular formula is C19H20N4O5S. The van der Waals surface area contributed by atoms with Gasteiger partial charge >= 0.3 is 0 Å². The maximum absolute atomic E-state index is 13.1. The number of nitrogens with one attached hydrogen (secondary N) is 1. The van der Waals surface area contributed by atoms with Gasteiger partial charge in [-0.05, 0) is 42.8 Å². The normalized spacial score (nSPS) is 19.7. The van der Waals surface area contributed by atoms with Crippen molar-refractivity contribution in [1.82, 2.24) is 4.31 Å². The molecule has 1 amide bonds. The van der Waals surface area contributed by atoms with Crippen molar-refractivity contribution < 1.29 is 18.1 Å². The lowest BCUT2D eigenvalue weighted by molar-refractivity contribution is -0.384. The Balaban J connectivity index is 1.48. The van der Waals surface area contributed by atoms with E-state index in [0.29, 0.717) is 37.4 Å². The van der Waals surface area contributed by atoms with Gasteiger partial charge in [0, 0.05) is 49.7 Å². The third-order valence-electron chi connectivity index (χ3n) is 5.44. The number of fused-ring (bicyclic) bond motifs is 1. The van der Waals surface area contributed by atoms with Crippen molar-refractivity contribution >= 4 is 33.0 Å². The Labute approximate surface area is 168 Å². The van der Waals surface area contributed by atoms with Crippen LogP contribution in [0.1, 0.15) is 18.4 Å². The van der Waals surface area contributed by atoms with E-state index >= 15 is 0 Å². The van der Waals surface area contributed by atoms with Crippen LogP contribution in [0.15, 0.2) is 47.4 Å². The Kier molecular flexibility index (Phi) is 4.75. The van der Waals surface area contributed by atoms with E-state index < -0.39 is 14.9 Å². The number of carbonyl (C=O) groups excluding carboxylic acids is 1. The lowest BCUT2D eigenvalue weighted by atomic mass is 10.0. The summed E-state index contributed by atoms with van der Waals surface area (Å²) in [4.78, 5) is 24.3. The second kappa shape index (κ2) is 7.12. The van der Waals surface area contributed by atoms with E-state index in [-0.39, 0.29) is 22.4 Å². The summed E-state index contributed by atoms with van der Waals surface area (Å²) in [5.74, 6) is -0.509. The minimum atomic E-state index is -3.67. The van der Waals surface area contributed by atoms with Crippen LogP contribution in [0.3, 0.4) is 0 Å². The molecule has 10 heteroatoms. The van der Waals surface area contributed by atoms with Gasteiger partial charge in [-0.25, -0.2) is 8.42 Å². The largest absolute Gasteiger partial charge is 0.369 e. The molecule has 29 heavy (non-hydrogen) atoms. The maximum atomic E-state index is 13.1. The number of rotatable bonds is 4. The van der Waals surface area contributed by atoms with E-state index in [1.54, 1.807) is 31.2 Å². The molecule has 152 valence electrons. The van der Waals surface area contributed by atoms with Crippen LogP contribution in [0.4, 0.5) is 17.1 Å². The maximum Gasteiger partial charge on any atom is 0.269 e. The molecule has 0 unspecified atom stereocenters. The highest BCUT2D eigenvalue weighted by atomic mass is 32.2. The molecule has 0 aromatic heterocycles. The second-order valence-corrected chi connectivity index (χ2v) is 9.06. The van der Waals surface area contributed by atoms with Gasteiger partial charge in [0.15, 0.2) is 0 Å². The van der Waals surface area contributed by atoms with E-state index in [0.717, 1.165) is 5.69 Å². The summed E-state index contributed by atoms with van der Waals surface area (Å²) in [6.45, 7) is 3.34. The lowest BCUT2D eigenvalue weighted by Gasteiger charge is -2.35. The van der Waals surface area contributed by atoms with Crippen LogP contribution in [0.5, 0.6) is 0 Å². The summed E-state index contributed by atoms with van der Waals surface area (Å²) in [5, 5.41) is 13.5. The number of carbonyl (C=O) groups is 1. The standard InChI is InChI=1S/C19H20N4O5S/c1-13-17-12-16(6-7-18(17)20-19(13)24)29(27,28)22-10-8-21(9-11-22)14-2-4-15(5-3-14)23(25)26/h2-7,12-13H,8-11H2,1H3,(H,20,24)/t13-/m0/s1. The van der Waals surface area contributed by atoms with Crippen molar-refractivity contribution in [1.29, 1.82) is 0 Å². The molecule has 9 nitrogen and oxygen atoms in total. The third kappa shape index (κ3) is 3.45. The smallest absolute Gasteiger partial charge is 0.269 e. The number of piperazine rings is 1. The fourth-order valence-electron chi connectivity index (χ4n) is 3.68. The van der Waals surface area contributed by atoms with Gasteiger partial charge in [-0.3, -0.25) is 14.9 Å². The van der Waals surface area contributed by atoms with Crippen molar-refractivity contribution in [3.05, 3.63) is 58.1 Å². The third-order valence-corrected chi connectivity index (χ3v) is 7.34. The van der Waals surface area contributed by atoms with Crippen LogP contribution in [-0.4, -0.2) is 49.7 Å². The number of nitro benzene ring substituents is 1. The Hall–Kier alpha value is -2.98. The molecular weight excluding hydrogens is 396 g/mol. The van der Waals surface area contributed by atoms with Gasteiger partial charge in [0.05, 0.1) is 15.7 Å². The molecule has 0 radical (unpaired) electrons. The molecule has 2 aliphatic rings. The van der Waals surface area contributed by atoms with Crippen molar-refractivity contribution in [2.24, 2.45) is 0 Å². The van der Waals surface area contributed by atoms with Gasteiger partial charge in [-0.1, -0.05) is 0 Å². The highest BCUT2D eigenvalue weighted by Crippen LogP contribution is 2.34. The number of non-ortho nitro benzene ring substituents is 1. The van der Waals surface area contributed by atoms with Crippen molar-refractivity contribution in [2.45, 2.75) is 17.7 Å². The average molecular weight is 416 g/mol. The molecule has 0 aliphatic carbocycles. The summed E-state index contributed by atoms with van der Waals surface area (Å²) in [6, 6.07) is 11.0. The highest BCUT2D eigenvalue weighted by molar-refractivity contribution is 7.89. The summed E-state index contributed by atoms with van der Waals surface area (Å²) < 4.78 is 27.6. The van der Waals surface area contributed by atoms with Crippen molar-refractivity contribution in [3.8, 4) is 0 Å². The summed E-state index contributed by atoms with van der Waals surface area (Å²) in [6.07, 6.45) is 0. The molecule has 1 N–H and O–H groups in total. The fourth-order valence-corrected chi connectivity index (χ4v) is 5.13. The molecule has 1 saturated heterocycles. The topological polar surface area (TPSA) is 113 Å². The molecule has 4 rings (SSSR count). The predicted molar refractivity (Wildman–Crippen MR) is 108 cm³/mol. The number of amides is 1. The van der Waals surface area contributed by atoms with E-state index in [9.17, 15) is 23.3 Å². The summed E-state index contributed by atoms with van der Waals surface area (Å²) in [5.41, 5.74) is 2.20. The molecule has 0 saturated carbocycles. The van der Waals surface area contributed by atoms with E-state index in [4.69, 9.17) is 0 Å². The van der Waals surface area contributed by atoms with Gasteiger partial charge in [0.25, 0.3) is 5.69 Å². The monoisotopic (exact) mass is 416 g/mol. The van der Waals surface area contributed by atoms with Crippen molar-refractivity contribution in [2.75, 3.05) is 36.4 Å². The van der Waals surface area contributed by atoms with Crippen LogP contribution in [0.25, 0.3) is 0 Å². The first kappa shape index (κ1) is 19.3. The van der Waals surface area contributed by atoms with Gasteiger partial charge in [0.2, 0.25) is 15.9 Å². The summed E-state index contributed by atoms with van der Waals surface area (Å²) >= 11 is 0. The first-order valence-corrected chi connectivity index (χ1v) is 10.7. The molecule has 2 aliphatic heterocycles. The minimum Gasteiger partial charge on any atom is -0.369 e. The average Bonchev–Trinajstić information content (AvgIpc) is 3.01. The molecule has 2 aromatic carbocycles. The molecule has 1 fully saturated rings. The van der Waals surface area contributed by atoms with E-state index in [1.807, 2.05) is 4.90 Å². The molecule has 2 heterocycles. The first-order valence-electron chi connectivity index (χ1n) is 9.22. The number of nitrogens with zero attached hydrogens (tertiary/aromatic N) is 3. The Bertz CT molecular complexity index is 1080. The Morgan fingerprint density at radius 1 is 1.07 bits per heavy atom. The van der Waals surface area contributed by atoms with E-state index in [1.165, 1.54) is 22.5 Å². The molecule has 2 aromatic rings. The Morgan fingerprint density at radius 3 is 2.34 bits per heavy atom. The zero-order valence-corrected chi connectivity index (χ0v) is 16.6. The Morgan fingerprint density at radius 2 is 1.72 bits per heavy atom. The molecule has 0 bridgehead atoms. The van der Waals surface area contributed by atoms with Gasteiger partial charge in [0.1, 0.15) is 0 Å². The van der Waals surface area contributed by atoms with Gasteiger partial charge in [-0.2, -0.15) is 4.31 Å². The molecule has 1 atom stereocenters. The fraction of sp³-hybridized carbons (Fsp3) is 0.316. The number of benzene rings is 2. The number of sulfonamides is 1. The predicted octanol–water partition coefficient (Wildman–Crippen LogP) is 2.16. The quantitative estimate of drug-likeness (QED) is 0.604. The molecule has 0 spiro atoms. The van der Waals surface area contributed by atoms with Crippen molar-refractivity contribution in [3.63, 3.8) is 0 Å². The van der Waals surface area contributed by atoms with Crippen LogP contribution < -0.4 is 10.2 Å². The number of anilines is 2. The SMILES string of the molecule is C[C@@H]1C(=O)Nc2ccc(S(=O)(=O)N3CCN(c4ccc([N+](=O)[O-])cc4)CC3)cc21. The highest BCUT2D eigenvalue weighted by Gasteiger charge is 2.32. The number of hydrogen-bond acceptors (Lipinski definition) is 6. The zero-order chi connectivity index (χ0) is 20.8. The van der Waals surface area contributed by atoms with Crippen LogP contribution >= 0.6 is 0 Å². The lowest BCUT2D eigenvalue weighted by Crippen LogP contribution is -2.48. The van der Waals surface area contributed by atoms with E-state index in [2.05, 4.69) is 5.32 Å². The van der Waals surface area contributed by atoms with Crippen LogP contribution in [0.2, 0.25) is 0 Å². The zero-order valence-electron chi connectivity index (χ0n) is 15.7. The van der Waals surface area contributed by atoms with Gasteiger partial charge < -0.3 is 10.2 Å². The second-order valence-electron chi connectivity index (χ2n) is 7.12. The first-order chi connectivity index (χ1) is 13.8. The van der Waals surface area contributed by atoms with Crippen LogP contribution in [-0.2, 0) is 14.8 Å². The van der Waals surface area contributed by atoms with Crippen LogP contribution in [0, 0.1) is 10.1 Å². The number of nitro groups is 1. The summed E-state index contributed by atoms with van der Waals surface area (Å²) in [7, 11) is -3.67. The van der Waals surface area contributed by atoms with Gasteiger partial charge in [-0.15, -0.1) is 0 Å². The minimum absolute atomic E-state index is 0.0220.